The molecule has 9 heteroatoms. The van der Waals surface area contributed by atoms with E-state index in [1.807, 2.05) is 24.3 Å². The van der Waals surface area contributed by atoms with E-state index in [0.717, 1.165) is 37.5 Å². The van der Waals surface area contributed by atoms with Gasteiger partial charge in [-0.2, -0.15) is 0 Å². The number of para-hydroxylation sites is 1. The summed E-state index contributed by atoms with van der Waals surface area (Å²) in [6.45, 7) is 0.289. The lowest BCUT2D eigenvalue weighted by molar-refractivity contribution is -0.147. The van der Waals surface area contributed by atoms with Crippen LogP contribution in [0.15, 0.2) is 24.3 Å². The van der Waals surface area contributed by atoms with Crippen LogP contribution in [0.25, 0.3) is 0 Å². The van der Waals surface area contributed by atoms with Gasteiger partial charge in [0.05, 0.1) is 31.6 Å². The molecule has 1 saturated carbocycles. The van der Waals surface area contributed by atoms with Gasteiger partial charge in [-0.25, -0.2) is 13.1 Å². The third kappa shape index (κ3) is 5.22. The van der Waals surface area contributed by atoms with Gasteiger partial charge in [0.1, 0.15) is 5.75 Å². The number of hydrogen-bond acceptors (Lipinski definition) is 6. The Labute approximate surface area is 184 Å². The highest BCUT2D eigenvalue weighted by molar-refractivity contribution is 7.88. The summed E-state index contributed by atoms with van der Waals surface area (Å²) in [5, 5.41) is 10.0. The first kappa shape index (κ1) is 22.5. The van der Waals surface area contributed by atoms with E-state index in [1.54, 1.807) is 4.90 Å². The zero-order valence-electron chi connectivity index (χ0n) is 17.9. The number of piperidine rings is 1. The summed E-state index contributed by atoms with van der Waals surface area (Å²) in [5.74, 6) is 0.629. The van der Waals surface area contributed by atoms with Crippen LogP contribution in [0.5, 0.6) is 5.75 Å². The van der Waals surface area contributed by atoms with Crippen LogP contribution in [-0.2, 0) is 19.6 Å². The number of aliphatic hydroxyl groups excluding tert-OH is 1. The lowest BCUT2D eigenvalue weighted by atomic mass is 9.82. The van der Waals surface area contributed by atoms with Crippen LogP contribution >= 0.6 is 0 Å². The number of amides is 1. The van der Waals surface area contributed by atoms with E-state index in [0.29, 0.717) is 31.1 Å². The Morgan fingerprint density at radius 2 is 1.90 bits per heavy atom. The van der Waals surface area contributed by atoms with Gasteiger partial charge in [-0.15, -0.1) is 0 Å². The van der Waals surface area contributed by atoms with Crippen LogP contribution in [0.2, 0.25) is 0 Å². The Kier molecular flexibility index (Phi) is 6.86. The van der Waals surface area contributed by atoms with E-state index in [9.17, 15) is 18.3 Å². The maximum Gasteiger partial charge on any atom is 0.266 e. The van der Waals surface area contributed by atoms with Crippen molar-refractivity contribution >= 4 is 15.9 Å². The fraction of sp³-hybridized carbons (Fsp3) is 0.682. The fourth-order valence-electron chi connectivity index (χ4n) is 5.15. The average molecular weight is 453 g/mol. The highest BCUT2D eigenvalue weighted by Gasteiger charge is 2.40. The molecule has 1 amide bonds. The molecule has 2 N–H and O–H groups in total. The zero-order valence-corrected chi connectivity index (χ0v) is 18.7. The summed E-state index contributed by atoms with van der Waals surface area (Å²) in [7, 11) is -3.44. The molecule has 1 aromatic rings. The predicted molar refractivity (Wildman–Crippen MR) is 115 cm³/mol. The standard InChI is InChI=1S/C22H32N2O6S/c1-31(27,28)23-18-6-4-12-24-19(18)14-29-16-10-8-15(9-11-16)17-5-2-3-7-20(17)30-21(13-25)22(24)26/h2-3,5,7,15-16,18-19,21,23,25H,4,6,8-14H2,1H3/t15-,16+,18-,19?,21?/m0/s1. The molecule has 3 atom stereocenters. The predicted octanol–water partition coefficient (Wildman–Crippen LogP) is 1.39. The fourth-order valence-corrected chi connectivity index (χ4v) is 5.98. The first-order chi connectivity index (χ1) is 14.9. The molecule has 2 unspecified atom stereocenters. The third-order valence-corrected chi connectivity index (χ3v) is 7.40. The Balaban J connectivity index is 1.68. The van der Waals surface area contributed by atoms with Gasteiger partial charge < -0.3 is 19.5 Å². The van der Waals surface area contributed by atoms with Crippen molar-refractivity contribution in [3.05, 3.63) is 29.8 Å². The number of nitrogens with zero attached hydrogens (tertiary/aromatic N) is 1. The van der Waals surface area contributed by atoms with E-state index in [1.165, 1.54) is 0 Å². The summed E-state index contributed by atoms with van der Waals surface area (Å²) in [6, 6.07) is 6.87. The van der Waals surface area contributed by atoms with E-state index in [2.05, 4.69) is 4.72 Å². The highest BCUT2D eigenvalue weighted by Crippen LogP contribution is 2.39. The molecule has 1 aliphatic carbocycles. The Bertz CT molecular complexity index is 884. The molecule has 31 heavy (non-hydrogen) atoms. The number of rotatable bonds is 3. The minimum Gasteiger partial charge on any atom is -0.478 e. The largest absolute Gasteiger partial charge is 0.478 e. The van der Waals surface area contributed by atoms with E-state index < -0.39 is 34.8 Å². The summed E-state index contributed by atoms with van der Waals surface area (Å²) >= 11 is 0. The third-order valence-electron chi connectivity index (χ3n) is 6.67. The molecule has 172 valence electrons. The minimum atomic E-state index is -3.44. The molecular formula is C22H32N2O6S. The lowest BCUT2D eigenvalue weighted by Gasteiger charge is -2.42. The maximum atomic E-state index is 13.4. The van der Waals surface area contributed by atoms with Crippen LogP contribution in [-0.4, -0.2) is 74.6 Å². The maximum absolute atomic E-state index is 13.4. The molecule has 3 aliphatic heterocycles. The molecule has 3 heterocycles. The van der Waals surface area contributed by atoms with Crippen LogP contribution in [0.4, 0.5) is 0 Å². The number of sulfonamides is 1. The normalized spacial score (nSPS) is 32.1. The molecule has 2 bridgehead atoms. The first-order valence-corrected chi connectivity index (χ1v) is 13.0. The van der Waals surface area contributed by atoms with Crippen LogP contribution in [0.1, 0.15) is 50.0 Å². The van der Waals surface area contributed by atoms with Gasteiger partial charge in [0, 0.05) is 12.6 Å². The van der Waals surface area contributed by atoms with E-state index in [4.69, 9.17) is 9.47 Å². The number of carbonyl (C=O) groups excluding carboxylic acids is 1. The number of fused-ring (bicyclic) bond motifs is 5. The quantitative estimate of drug-likeness (QED) is 0.718. The lowest BCUT2D eigenvalue weighted by Crippen LogP contribution is -2.61. The van der Waals surface area contributed by atoms with E-state index in [-0.39, 0.29) is 18.6 Å². The van der Waals surface area contributed by atoms with Crippen molar-refractivity contribution in [2.24, 2.45) is 0 Å². The van der Waals surface area contributed by atoms with Gasteiger partial charge >= 0.3 is 0 Å². The number of carbonyl (C=O) groups is 1. The van der Waals surface area contributed by atoms with Crippen molar-refractivity contribution in [3.63, 3.8) is 0 Å². The van der Waals surface area contributed by atoms with Gasteiger partial charge in [0.15, 0.2) is 6.10 Å². The number of aliphatic hydroxyl groups is 1. The van der Waals surface area contributed by atoms with Gasteiger partial charge in [-0.05, 0) is 56.1 Å². The summed E-state index contributed by atoms with van der Waals surface area (Å²) in [6.07, 6.45) is 5.22. The molecular weight excluding hydrogens is 420 g/mol. The number of ether oxygens (including phenoxy) is 2. The van der Waals surface area contributed by atoms with Crippen molar-refractivity contribution in [1.29, 1.82) is 0 Å². The molecule has 0 aromatic heterocycles. The Hall–Kier alpha value is -1.68. The topological polar surface area (TPSA) is 105 Å². The SMILES string of the molecule is CS(=O)(=O)N[C@H]1CCCN2C(=O)C(CO)Oc3ccccc3[C@H]3CC[C@H](CC3)OCC12. The summed E-state index contributed by atoms with van der Waals surface area (Å²) < 4.78 is 38.9. The van der Waals surface area contributed by atoms with Crippen molar-refractivity contribution in [1.82, 2.24) is 9.62 Å². The van der Waals surface area contributed by atoms with Crippen molar-refractivity contribution in [2.75, 3.05) is 26.0 Å². The highest BCUT2D eigenvalue weighted by atomic mass is 32.2. The minimum absolute atomic E-state index is 0.0940. The monoisotopic (exact) mass is 452 g/mol. The van der Waals surface area contributed by atoms with Crippen molar-refractivity contribution in [3.8, 4) is 5.75 Å². The average Bonchev–Trinajstić information content (AvgIpc) is 2.76. The molecule has 0 radical (unpaired) electrons. The molecule has 2 fully saturated rings. The molecule has 4 aliphatic rings. The smallest absolute Gasteiger partial charge is 0.266 e. The van der Waals surface area contributed by atoms with Crippen LogP contribution in [0, 0.1) is 0 Å². The van der Waals surface area contributed by atoms with Crippen molar-refractivity contribution < 1.29 is 27.8 Å². The molecule has 1 aromatic carbocycles. The molecule has 5 rings (SSSR count). The molecule has 8 nitrogen and oxygen atoms in total. The van der Waals surface area contributed by atoms with Crippen LogP contribution < -0.4 is 9.46 Å². The molecule has 0 spiro atoms. The zero-order chi connectivity index (χ0) is 22.0. The second-order valence-corrected chi connectivity index (χ2v) is 10.7. The van der Waals surface area contributed by atoms with Crippen LogP contribution in [0.3, 0.4) is 0 Å². The van der Waals surface area contributed by atoms with E-state index >= 15 is 0 Å². The van der Waals surface area contributed by atoms with Crippen molar-refractivity contribution in [2.45, 2.75) is 68.7 Å². The summed E-state index contributed by atoms with van der Waals surface area (Å²) in [5.41, 5.74) is 1.07. The van der Waals surface area contributed by atoms with Gasteiger partial charge in [-0.1, -0.05) is 18.2 Å². The van der Waals surface area contributed by atoms with Gasteiger partial charge in [0.2, 0.25) is 10.0 Å². The molecule has 1 saturated heterocycles. The Morgan fingerprint density at radius 3 is 2.61 bits per heavy atom. The second kappa shape index (κ2) is 9.44. The number of nitrogens with one attached hydrogen (secondary N) is 1. The second-order valence-electron chi connectivity index (χ2n) is 8.87. The van der Waals surface area contributed by atoms with Gasteiger partial charge in [-0.3, -0.25) is 4.79 Å². The number of benzene rings is 1. The first-order valence-electron chi connectivity index (χ1n) is 11.1. The van der Waals surface area contributed by atoms with Gasteiger partial charge in [0.25, 0.3) is 5.91 Å². The Morgan fingerprint density at radius 1 is 1.16 bits per heavy atom. The number of hydrogen-bond donors (Lipinski definition) is 2. The summed E-state index contributed by atoms with van der Waals surface area (Å²) in [4.78, 5) is 15.1.